The largest absolute Gasteiger partial charge is 0.305 e. The molecule has 0 bridgehead atoms. The highest BCUT2D eigenvalue weighted by atomic mass is 32.1. The molecule has 2 atom stereocenters. The summed E-state index contributed by atoms with van der Waals surface area (Å²) in [6.45, 7) is 3.42. The molecule has 21 heavy (non-hydrogen) atoms. The number of thiazole rings is 1. The molecule has 0 aliphatic heterocycles. The summed E-state index contributed by atoms with van der Waals surface area (Å²) in [6.07, 6.45) is 13.5. The molecule has 1 aromatic heterocycles. The van der Waals surface area contributed by atoms with Gasteiger partial charge in [-0.3, -0.25) is 0 Å². The third-order valence-electron chi connectivity index (χ3n) is 5.80. The van der Waals surface area contributed by atoms with Crippen LogP contribution in [0.2, 0.25) is 0 Å². The summed E-state index contributed by atoms with van der Waals surface area (Å²) in [5.41, 5.74) is 1.65. The lowest BCUT2D eigenvalue weighted by molar-refractivity contribution is 0.163. The Labute approximate surface area is 132 Å². The van der Waals surface area contributed by atoms with E-state index in [4.69, 9.17) is 4.98 Å². The molecule has 4 rings (SSSR count). The van der Waals surface area contributed by atoms with Gasteiger partial charge in [-0.15, -0.1) is 11.3 Å². The van der Waals surface area contributed by atoms with E-state index in [0.717, 1.165) is 18.4 Å². The van der Waals surface area contributed by atoms with E-state index >= 15 is 0 Å². The standard InChI is InChI=1S/C18H28N2S/c1-2-11-19-18(10-4-5-14(12-18)13-8-9-13)17-20-15-6-3-7-16(15)21-17/h13-14,19H,2-12H2,1H3. The monoisotopic (exact) mass is 304 g/mol. The third kappa shape index (κ3) is 2.68. The van der Waals surface area contributed by atoms with Gasteiger partial charge in [0.05, 0.1) is 11.2 Å². The molecule has 1 heterocycles. The lowest BCUT2D eigenvalue weighted by Gasteiger charge is -2.41. The first kappa shape index (κ1) is 14.2. The lowest BCUT2D eigenvalue weighted by atomic mass is 9.74. The summed E-state index contributed by atoms with van der Waals surface area (Å²) >= 11 is 2.04. The average Bonchev–Trinajstić information content (AvgIpc) is 3.13. The first-order chi connectivity index (χ1) is 10.3. The molecule has 0 amide bonds. The number of nitrogens with one attached hydrogen (secondary N) is 1. The summed E-state index contributed by atoms with van der Waals surface area (Å²) in [6, 6.07) is 0. The van der Waals surface area contributed by atoms with Crippen molar-refractivity contribution in [1.82, 2.24) is 10.3 Å². The molecule has 2 nitrogen and oxygen atoms in total. The molecule has 2 saturated carbocycles. The van der Waals surface area contributed by atoms with Crippen LogP contribution in [0, 0.1) is 11.8 Å². The average molecular weight is 305 g/mol. The number of hydrogen-bond acceptors (Lipinski definition) is 3. The Bertz CT molecular complexity index is 484. The van der Waals surface area contributed by atoms with E-state index in [2.05, 4.69) is 12.2 Å². The zero-order chi connectivity index (χ0) is 14.3. The van der Waals surface area contributed by atoms with E-state index < -0.39 is 0 Å². The molecule has 1 N–H and O–H groups in total. The van der Waals surface area contributed by atoms with Gasteiger partial charge in [-0.05, 0) is 69.7 Å². The zero-order valence-electron chi connectivity index (χ0n) is 13.3. The summed E-state index contributed by atoms with van der Waals surface area (Å²) in [7, 11) is 0. The van der Waals surface area contributed by atoms with Crippen molar-refractivity contribution >= 4 is 11.3 Å². The SMILES string of the molecule is CCCNC1(c2nc3c(s2)CCC3)CCCC(C2CC2)C1. The van der Waals surface area contributed by atoms with Crippen LogP contribution in [-0.4, -0.2) is 11.5 Å². The normalized spacial score (nSPS) is 32.3. The van der Waals surface area contributed by atoms with Gasteiger partial charge < -0.3 is 5.32 Å². The van der Waals surface area contributed by atoms with Gasteiger partial charge in [0, 0.05) is 4.88 Å². The Morgan fingerprint density at radius 2 is 2.10 bits per heavy atom. The van der Waals surface area contributed by atoms with Crippen LogP contribution < -0.4 is 5.32 Å². The number of fused-ring (bicyclic) bond motifs is 1. The fraction of sp³-hybridized carbons (Fsp3) is 0.833. The predicted molar refractivity (Wildman–Crippen MR) is 88.8 cm³/mol. The van der Waals surface area contributed by atoms with Gasteiger partial charge >= 0.3 is 0 Å². The zero-order valence-corrected chi connectivity index (χ0v) is 14.1. The maximum Gasteiger partial charge on any atom is 0.113 e. The number of aromatic nitrogens is 1. The van der Waals surface area contributed by atoms with Crippen molar-refractivity contribution in [2.75, 3.05) is 6.54 Å². The molecule has 3 aliphatic rings. The second-order valence-electron chi connectivity index (χ2n) is 7.45. The number of hydrogen-bond donors (Lipinski definition) is 1. The number of aryl methyl sites for hydroxylation is 2. The van der Waals surface area contributed by atoms with Crippen LogP contribution in [0.15, 0.2) is 0 Å². The third-order valence-corrected chi connectivity index (χ3v) is 7.16. The molecule has 0 radical (unpaired) electrons. The van der Waals surface area contributed by atoms with Crippen molar-refractivity contribution in [3.05, 3.63) is 15.6 Å². The second kappa shape index (κ2) is 5.66. The van der Waals surface area contributed by atoms with E-state index in [1.165, 1.54) is 74.9 Å². The van der Waals surface area contributed by atoms with Gasteiger partial charge in [0.15, 0.2) is 0 Å². The minimum atomic E-state index is 0.219. The first-order valence-electron chi connectivity index (χ1n) is 9.05. The summed E-state index contributed by atoms with van der Waals surface area (Å²) in [5, 5.41) is 5.39. The van der Waals surface area contributed by atoms with Crippen LogP contribution in [0.3, 0.4) is 0 Å². The Balaban J connectivity index is 1.61. The topological polar surface area (TPSA) is 24.9 Å². The highest BCUT2D eigenvalue weighted by Gasteiger charge is 2.44. The van der Waals surface area contributed by atoms with Gasteiger partial charge in [-0.2, -0.15) is 0 Å². The molecule has 0 aromatic carbocycles. The first-order valence-corrected chi connectivity index (χ1v) is 9.86. The quantitative estimate of drug-likeness (QED) is 0.870. The maximum atomic E-state index is 5.11. The van der Waals surface area contributed by atoms with Gasteiger partial charge in [-0.25, -0.2) is 4.98 Å². The molecule has 0 saturated heterocycles. The Morgan fingerprint density at radius 3 is 2.86 bits per heavy atom. The van der Waals surface area contributed by atoms with E-state index in [9.17, 15) is 0 Å². The minimum Gasteiger partial charge on any atom is -0.305 e. The summed E-state index contributed by atoms with van der Waals surface area (Å²) < 4.78 is 0. The van der Waals surface area contributed by atoms with Crippen LogP contribution in [0.5, 0.6) is 0 Å². The van der Waals surface area contributed by atoms with Crippen LogP contribution in [-0.2, 0) is 18.4 Å². The van der Waals surface area contributed by atoms with Crippen molar-refractivity contribution in [1.29, 1.82) is 0 Å². The highest BCUT2D eigenvalue weighted by molar-refractivity contribution is 7.12. The molecule has 1 aromatic rings. The van der Waals surface area contributed by atoms with Crippen molar-refractivity contribution < 1.29 is 0 Å². The van der Waals surface area contributed by atoms with Crippen molar-refractivity contribution in [2.24, 2.45) is 11.8 Å². The number of nitrogens with zero attached hydrogens (tertiary/aromatic N) is 1. The highest BCUT2D eigenvalue weighted by Crippen LogP contribution is 2.50. The summed E-state index contributed by atoms with van der Waals surface area (Å²) in [5.74, 6) is 2.00. The molecular weight excluding hydrogens is 276 g/mol. The lowest BCUT2D eigenvalue weighted by Crippen LogP contribution is -2.46. The Morgan fingerprint density at radius 1 is 1.19 bits per heavy atom. The summed E-state index contributed by atoms with van der Waals surface area (Å²) in [4.78, 5) is 6.70. The van der Waals surface area contributed by atoms with E-state index in [-0.39, 0.29) is 5.54 Å². The van der Waals surface area contributed by atoms with Gasteiger partial charge in [0.25, 0.3) is 0 Å². The molecule has 2 fully saturated rings. The van der Waals surface area contributed by atoms with Gasteiger partial charge in [0.2, 0.25) is 0 Å². The molecular formula is C18H28N2S. The van der Waals surface area contributed by atoms with Crippen molar-refractivity contribution in [3.8, 4) is 0 Å². The Kier molecular flexibility index (Phi) is 3.83. The van der Waals surface area contributed by atoms with Gasteiger partial charge in [-0.1, -0.05) is 19.8 Å². The molecule has 2 unspecified atom stereocenters. The van der Waals surface area contributed by atoms with Crippen LogP contribution in [0.4, 0.5) is 0 Å². The van der Waals surface area contributed by atoms with Crippen LogP contribution >= 0.6 is 11.3 Å². The van der Waals surface area contributed by atoms with Crippen LogP contribution in [0.1, 0.15) is 73.9 Å². The predicted octanol–water partition coefficient (Wildman–Crippen LogP) is 4.43. The van der Waals surface area contributed by atoms with Gasteiger partial charge in [0.1, 0.15) is 5.01 Å². The van der Waals surface area contributed by atoms with E-state index in [0.29, 0.717) is 0 Å². The number of rotatable bonds is 5. The minimum absolute atomic E-state index is 0.219. The fourth-order valence-corrected chi connectivity index (χ4v) is 5.83. The molecule has 3 heteroatoms. The Hall–Kier alpha value is -0.410. The van der Waals surface area contributed by atoms with Crippen LogP contribution in [0.25, 0.3) is 0 Å². The molecule has 0 spiro atoms. The van der Waals surface area contributed by atoms with Crippen molar-refractivity contribution in [2.45, 2.75) is 76.7 Å². The molecule has 116 valence electrons. The van der Waals surface area contributed by atoms with E-state index in [1.54, 1.807) is 4.88 Å². The maximum absolute atomic E-state index is 5.11. The molecule has 3 aliphatic carbocycles. The second-order valence-corrected chi connectivity index (χ2v) is 8.53. The van der Waals surface area contributed by atoms with Crippen molar-refractivity contribution in [3.63, 3.8) is 0 Å². The van der Waals surface area contributed by atoms with E-state index in [1.807, 2.05) is 11.3 Å². The smallest absolute Gasteiger partial charge is 0.113 e. The fourth-order valence-electron chi connectivity index (χ4n) is 4.48.